The molecule has 2 rings (SSSR count). The van der Waals surface area contributed by atoms with E-state index < -0.39 is 10.1 Å². The number of carbonyl (C=O) groups excluding carboxylic acids is 1. The number of fused-ring (bicyclic) bond motifs is 1. The van der Waals surface area contributed by atoms with Gasteiger partial charge in [-0.3, -0.25) is 4.79 Å². The summed E-state index contributed by atoms with van der Waals surface area (Å²) in [6.07, 6.45) is 5.08. The molecule has 2 aliphatic rings. The molecular formula is C10H17NO4S. The number of hydrogen-bond acceptors (Lipinski definition) is 4. The van der Waals surface area contributed by atoms with Crippen LogP contribution in [-0.2, 0) is 19.2 Å². The van der Waals surface area contributed by atoms with Crippen LogP contribution in [0, 0.1) is 5.41 Å². The maximum absolute atomic E-state index is 11.7. The molecule has 0 aromatic rings. The molecule has 5 nitrogen and oxygen atoms in total. The summed E-state index contributed by atoms with van der Waals surface area (Å²) in [4.78, 5) is 11.7. The molecule has 6 heteroatoms. The average molecular weight is 247 g/mol. The molecule has 0 spiro atoms. The summed E-state index contributed by atoms with van der Waals surface area (Å²) in [6.45, 7) is 2.11. The largest absolute Gasteiger partial charge is 0.285 e. The fraction of sp³-hybridized carbons (Fsp3) is 0.900. The van der Waals surface area contributed by atoms with Crippen LogP contribution in [0.2, 0.25) is 0 Å². The van der Waals surface area contributed by atoms with Crippen molar-refractivity contribution in [2.24, 2.45) is 5.41 Å². The summed E-state index contributed by atoms with van der Waals surface area (Å²) in [7, 11) is -3.62. The second-order valence-corrected chi connectivity index (χ2v) is 6.62. The Bertz CT molecular complexity index is 405. The van der Waals surface area contributed by atoms with E-state index >= 15 is 0 Å². The highest BCUT2D eigenvalue weighted by Crippen LogP contribution is 2.47. The Morgan fingerprint density at radius 1 is 1.44 bits per heavy atom. The molecule has 1 aliphatic heterocycles. The van der Waals surface area contributed by atoms with E-state index in [2.05, 4.69) is 6.92 Å². The first-order valence-corrected chi connectivity index (χ1v) is 7.35. The van der Waals surface area contributed by atoms with Crippen LogP contribution >= 0.6 is 0 Å². The SMILES string of the molecule is C[C@]12CCC[C@H]1N(OS(C)(=O)=O)C(=O)CC2. The maximum Gasteiger partial charge on any atom is 0.285 e. The van der Waals surface area contributed by atoms with E-state index in [0.717, 1.165) is 37.0 Å². The lowest BCUT2D eigenvalue weighted by atomic mass is 9.77. The minimum absolute atomic E-state index is 0.0264. The first-order chi connectivity index (χ1) is 7.32. The van der Waals surface area contributed by atoms with Crippen LogP contribution in [0.3, 0.4) is 0 Å². The molecule has 1 saturated carbocycles. The Labute approximate surface area is 95.8 Å². The summed E-state index contributed by atoms with van der Waals surface area (Å²) < 4.78 is 27.1. The quantitative estimate of drug-likeness (QED) is 0.732. The minimum Gasteiger partial charge on any atom is -0.273 e. The van der Waals surface area contributed by atoms with Crippen molar-refractivity contribution in [2.75, 3.05) is 6.26 Å². The third-order valence-electron chi connectivity index (χ3n) is 3.68. The van der Waals surface area contributed by atoms with Crippen LogP contribution in [0.4, 0.5) is 0 Å². The molecule has 0 unspecified atom stereocenters. The van der Waals surface area contributed by atoms with Crippen LogP contribution < -0.4 is 0 Å². The predicted molar refractivity (Wildman–Crippen MR) is 57.8 cm³/mol. The fourth-order valence-corrected chi connectivity index (χ4v) is 3.30. The first kappa shape index (κ1) is 11.9. The van der Waals surface area contributed by atoms with Crippen molar-refractivity contribution in [3.05, 3.63) is 0 Å². The molecule has 2 fully saturated rings. The molecule has 1 heterocycles. The lowest BCUT2D eigenvalue weighted by molar-refractivity contribution is -0.181. The van der Waals surface area contributed by atoms with Crippen LogP contribution in [0.5, 0.6) is 0 Å². The van der Waals surface area contributed by atoms with Gasteiger partial charge in [-0.25, -0.2) is 5.06 Å². The lowest BCUT2D eigenvalue weighted by Crippen LogP contribution is -2.51. The van der Waals surface area contributed by atoms with Crippen molar-refractivity contribution in [1.82, 2.24) is 5.06 Å². The molecule has 0 N–H and O–H groups in total. The van der Waals surface area contributed by atoms with E-state index in [4.69, 9.17) is 4.28 Å². The van der Waals surface area contributed by atoms with Gasteiger partial charge in [0.05, 0.1) is 12.3 Å². The number of hydroxylamine groups is 2. The zero-order valence-electron chi connectivity index (χ0n) is 9.60. The van der Waals surface area contributed by atoms with Gasteiger partial charge in [0, 0.05) is 6.42 Å². The Balaban J connectivity index is 2.24. The molecule has 1 saturated heterocycles. The second-order valence-electron chi connectivity index (χ2n) is 5.06. The topological polar surface area (TPSA) is 63.7 Å². The average Bonchev–Trinajstić information content (AvgIpc) is 2.52. The van der Waals surface area contributed by atoms with E-state index in [1.807, 2.05) is 0 Å². The zero-order chi connectivity index (χ0) is 12.0. The van der Waals surface area contributed by atoms with Crippen molar-refractivity contribution < 1.29 is 17.5 Å². The minimum atomic E-state index is -3.62. The molecule has 0 radical (unpaired) electrons. The van der Waals surface area contributed by atoms with E-state index in [9.17, 15) is 13.2 Å². The van der Waals surface area contributed by atoms with Crippen molar-refractivity contribution in [2.45, 2.75) is 45.1 Å². The number of hydrogen-bond donors (Lipinski definition) is 0. The molecule has 16 heavy (non-hydrogen) atoms. The van der Waals surface area contributed by atoms with E-state index in [1.54, 1.807) is 0 Å². The number of piperidine rings is 1. The Hall–Kier alpha value is -0.620. The normalized spacial score (nSPS) is 35.2. The molecule has 0 aromatic carbocycles. The molecule has 1 amide bonds. The smallest absolute Gasteiger partial charge is 0.273 e. The Morgan fingerprint density at radius 3 is 2.75 bits per heavy atom. The van der Waals surface area contributed by atoms with E-state index in [0.29, 0.717) is 6.42 Å². The number of nitrogens with zero attached hydrogens (tertiary/aromatic N) is 1. The van der Waals surface area contributed by atoms with Crippen molar-refractivity contribution in [1.29, 1.82) is 0 Å². The van der Waals surface area contributed by atoms with Gasteiger partial charge in [0.25, 0.3) is 10.1 Å². The summed E-state index contributed by atoms with van der Waals surface area (Å²) in [5.41, 5.74) is 0.0264. The third kappa shape index (κ3) is 2.08. The van der Waals surface area contributed by atoms with Crippen LogP contribution in [0.25, 0.3) is 0 Å². The van der Waals surface area contributed by atoms with Crippen molar-refractivity contribution in [3.8, 4) is 0 Å². The maximum atomic E-state index is 11.7. The van der Waals surface area contributed by atoms with Crippen molar-refractivity contribution >= 4 is 16.0 Å². The lowest BCUT2D eigenvalue weighted by Gasteiger charge is -2.42. The molecule has 1 aliphatic carbocycles. The van der Waals surface area contributed by atoms with E-state index in [1.165, 1.54) is 0 Å². The highest BCUT2D eigenvalue weighted by molar-refractivity contribution is 7.85. The standard InChI is InChI=1S/C10H17NO4S/c1-10-6-3-4-8(10)11(9(12)5-7-10)15-16(2,13)14/h8H,3-7H2,1-2H3/t8-,10-/m1/s1. The number of carbonyl (C=O) groups is 1. The van der Waals surface area contributed by atoms with Gasteiger partial charge >= 0.3 is 0 Å². The Kier molecular flexibility index (Phi) is 2.74. The molecular weight excluding hydrogens is 230 g/mol. The predicted octanol–water partition coefficient (Wildman–Crippen LogP) is 1.06. The molecule has 92 valence electrons. The summed E-state index contributed by atoms with van der Waals surface area (Å²) in [5.74, 6) is -0.213. The van der Waals surface area contributed by atoms with Crippen LogP contribution in [-0.4, -0.2) is 31.7 Å². The summed E-state index contributed by atoms with van der Waals surface area (Å²) in [6, 6.07) is -0.0801. The van der Waals surface area contributed by atoms with Gasteiger partial charge in [0.15, 0.2) is 0 Å². The first-order valence-electron chi connectivity index (χ1n) is 5.53. The van der Waals surface area contributed by atoms with Gasteiger partial charge in [0.1, 0.15) is 0 Å². The van der Waals surface area contributed by atoms with Gasteiger partial charge in [-0.2, -0.15) is 8.42 Å². The number of amides is 1. The van der Waals surface area contributed by atoms with Gasteiger partial charge in [-0.05, 0) is 24.7 Å². The highest BCUT2D eigenvalue weighted by atomic mass is 32.2. The summed E-state index contributed by atoms with van der Waals surface area (Å²) >= 11 is 0. The van der Waals surface area contributed by atoms with Gasteiger partial charge < -0.3 is 0 Å². The van der Waals surface area contributed by atoms with Gasteiger partial charge in [-0.15, -0.1) is 4.28 Å². The monoisotopic (exact) mass is 247 g/mol. The molecule has 2 atom stereocenters. The molecule has 0 aromatic heterocycles. The van der Waals surface area contributed by atoms with Gasteiger partial charge in [0.2, 0.25) is 5.91 Å². The van der Waals surface area contributed by atoms with Crippen molar-refractivity contribution in [3.63, 3.8) is 0 Å². The van der Waals surface area contributed by atoms with Crippen LogP contribution in [0.1, 0.15) is 39.0 Å². The zero-order valence-corrected chi connectivity index (χ0v) is 10.4. The Morgan fingerprint density at radius 2 is 2.12 bits per heavy atom. The third-order valence-corrected chi connectivity index (χ3v) is 4.12. The van der Waals surface area contributed by atoms with Crippen LogP contribution in [0.15, 0.2) is 0 Å². The highest BCUT2D eigenvalue weighted by Gasteiger charge is 2.49. The summed E-state index contributed by atoms with van der Waals surface area (Å²) in [5, 5.41) is 1.10. The fourth-order valence-electron chi connectivity index (χ4n) is 2.82. The number of rotatable bonds is 2. The molecule has 0 bridgehead atoms. The van der Waals surface area contributed by atoms with E-state index in [-0.39, 0.29) is 17.4 Å². The van der Waals surface area contributed by atoms with Gasteiger partial charge in [-0.1, -0.05) is 13.3 Å². The second kappa shape index (κ2) is 3.70.